The van der Waals surface area contributed by atoms with Crippen LogP contribution in [0.2, 0.25) is 0 Å². The molecule has 0 aliphatic rings. The van der Waals surface area contributed by atoms with Gasteiger partial charge in [0.15, 0.2) is 0 Å². The molecule has 0 aromatic heterocycles. The van der Waals surface area contributed by atoms with E-state index in [-0.39, 0.29) is 16.8 Å². The highest BCUT2D eigenvalue weighted by Gasteiger charge is 2.17. The quantitative estimate of drug-likeness (QED) is 0.812. The van der Waals surface area contributed by atoms with Crippen molar-refractivity contribution in [3.8, 4) is 0 Å². The fraction of sp³-hybridized carbons (Fsp3) is 0.533. The number of carbonyl (C=O) groups is 1. The lowest BCUT2D eigenvalue weighted by Gasteiger charge is -2.16. The summed E-state index contributed by atoms with van der Waals surface area (Å²) in [6.45, 7) is 7.97. The van der Waals surface area contributed by atoms with Gasteiger partial charge in [0.2, 0.25) is 0 Å². The monoisotopic (exact) mass is 331 g/mol. The molecule has 1 aromatic carbocycles. The van der Waals surface area contributed by atoms with E-state index < -0.39 is 9.05 Å². The van der Waals surface area contributed by atoms with Crippen LogP contribution in [-0.2, 0) is 9.05 Å². The molecule has 0 heterocycles. The number of rotatable bonds is 6. The van der Waals surface area contributed by atoms with E-state index in [0.29, 0.717) is 17.0 Å². The third-order valence-electron chi connectivity index (χ3n) is 3.29. The average Bonchev–Trinajstić information content (AvgIpc) is 2.35. The molecule has 0 saturated heterocycles. The van der Waals surface area contributed by atoms with Gasteiger partial charge in [-0.2, -0.15) is 0 Å². The number of nitrogens with one attached hydrogen (secondary N) is 1. The van der Waals surface area contributed by atoms with E-state index in [2.05, 4.69) is 19.2 Å². The molecule has 0 radical (unpaired) electrons. The zero-order valence-electron chi connectivity index (χ0n) is 12.8. The van der Waals surface area contributed by atoms with E-state index in [1.54, 1.807) is 13.0 Å². The van der Waals surface area contributed by atoms with Gasteiger partial charge in [-0.05, 0) is 50.3 Å². The maximum Gasteiger partial charge on any atom is 0.261 e. The molecular weight excluding hydrogens is 310 g/mol. The van der Waals surface area contributed by atoms with Crippen molar-refractivity contribution in [2.45, 2.75) is 51.5 Å². The molecule has 0 fully saturated rings. The Bertz CT molecular complexity index is 611. The minimum absolute atomic E-state index is 0.0376. The molecule has 1 aromatic rings. The second kappa shape index (κ2) is 7.27. The van der Waals surface area contributed by atoms with Gasteiger partial charge in [-0.1, -0.05) is 19.9 Å². The fourth-order valence-corrected chi connectivity index (χ4v) is 2.73. The van der Waals surface area contributed by atoms with E-state index in [4.69, 9.17) is 10.7 Å². The van der Waals surface area contributed by atoms with E-state index in [1.807, 2.05) is 6.92 Å². The molecule has 0 saturated carbocycles. The van der Waals surface area contributed by atoms with E-state index in [9.17, 15) is 13.2 Å². The molecule has 4 nitrogen and oxygen atoms in total. The first-order valence-corrected chi connectivity index (χ1v) is 9.28. The number of aryl methyl sites for hydroxylation is 1. The van der Waals surface area contributed by atoms with Gasteiger partial charge in [0.1, 0.15) is 0 Å². The van der Waals surface area contributed by atoms with Crippen LogP contribution >= 0.6 is 10.7 Å². The number of benzene rings is 1. The zero-order valence-corrected chi connectivity index (χ0v) is 14.4. The molecule has 21 heavy (non-hydrogen) atoms. The lowest BCUT2D eigenvalue weighted by molar-refractivity contribution is 0.0936. The zero-order chi connectivity index (χ0) is 16.2. The minimum atomic E-state index is -3.83. The summed E-state index contributed by atoms with van der Waals surface area (Å²) in [6, 6.07) is 4.34. The van der Waals surface area contributed by atoms with E-state index in [0.717, 1.165) is 12.8 Å². The van der Waals surface area contributed by atoms with E-state index in [1.165, 1.54) is 12.1 Å². The summed E-state index contributed by atoms with van der Waals surface area (Å²) in [7, 11) is 1.49. The molecule has 0 aliphatic carbocycles. The second-order valence-corrected chi connectivity index (χ2v) is 8.33. The van der Waals surface area contributed by atoms with Gasteiger partial charge < -0.3 is 5.32 Å². The molecule has 0 bridgehead atoms. The highest BCUT2D eigenvalue weighted by molar-refractivity contribution is 8.13. The smallest absolute Gasteiger partial charge is 0.261 e. The van der Waals surface area contributed by atoms with Crippen LogP contribution in [0.1, 0.15) is 49.5 Å². The van der Waals surface area contributed by atoms with Crippen LogP contribution in [0.5, 0.6) is 0 Å². The van der Waals surface area contributed by atoms with Crippen molar-refractivity contribution in [1.82, 2.24) is 5.32 Å². The molecule has 1 rings (SSSR count). The minimum Gasteiger partial charge on any atom is -0.350 e. The average molecular weight is 332 g/mol. The number of amides is 1. The van der Waals surface area contributed by atoms with Gasteiger partial charge in [-0.25, -0.2) is 8.42 Å². The van der Waals surface area contributed by atoms with Gasteiger partial charge >= 0.3 is 0 Å². The van der Waals surface area contributed by atoms with Gasteiger partial charge in [0.25, 0.3) is 15.0 Å². The largest absolute Gasteiger partial charge is 0.350 e. The van der Waals surface area contributed by atoms with Gasteiger partial charge in [-0.15, -0.1) is 0 Å². The summed E-state index contributed by atoms with van der Waals surface area (Å²) in [6.07, 6.45) is 1.91. The molecule has 0 spiro atoms. The Balaban J connectivity index is 2.87. The highest BCUT2D eigenvalue weighted by atomic mass is 35.7. The van der Waals surface area contributed by atoms with Gasteiger partial charge in [-0.3, -0.25) is 4.79 Å². The Hall–Kier alpha value is -1.07. The Morgan fingerprint density at radius 3 is 2.38 bits per heavy atom. The summed E-state index contributed by atoms with van der Waals surface area (Å²) in [5.74, 6) is 0.307. The summed E-state index contributed by atoms with van der Waals surface area (Å²) >= 11 is 0. The molecule has 1 amide bonds. The summed E-state index contributed by atoms with van der Waals surface area (Å²) < 4.78 is 22.7. The summed E-state index contributed by atoms with van der Waals surface area (Å²) in [4.78, 5) is 12.2. The third kappa shape index (κ3) is 5.67. The van der Waals surface area contributed by atoms with Crippen LogP contribution in [0.25, 0.3) is 0 Å². The van der Waals surface area contributed by atoms with Crippen LogP contribution in [0.15, 0.2) is 23.1 Å². The predicted molar refractivity (Wildman–Crippen MR) is 85.2 cm³/mol. The maximum absolute atomic E-state index is 12.3. The first kappa shape index (κ1) is 18.0. The van der Waals surface area contributed by atoms with Crippen LogP contribution in [-0.4, -0.2) is 20.4 Å². The van der Waals surface area contributed by atoms with Crippen molar-refractivity contribution >= 4 is 25.6 Å². The van der Waals surface area contributed by atoms with E-state index >= 15 is 0 Å². The van der Waals surface area contributed by atoms with Crippen molar-refractivity contribution in [2.24, 2.45) is 5.92 Å². The lowest BCUT2D eigenvalue weighted by Crippen LogP contribution is -2.33. The molecule has 0 aliphatic heterocycles. The fourth-order valence-electron chi connectivity index (χ4n) is 1.95. The first-order valence-electron chi connectivity index (χ1n) is 6.97. The highest BCUT2D eigenvalue weighted by Crippen LogP contribution is 2.19. The van der Waals surface area contributed by atoms with Crippen LogP contribution < -0.4 is 5.32 Å². The third-order valence-corrected chi connectivity index (χ3v) is 4.64. The Morgan fingerprint density at radius 2 is 1.86 bits per heavy atom. The first-order chi connectivity index (χ1) is 9.61. The predicted octanol–water partition coefficient (Wildman–Crippen LogP) is 3.48. The Labute approximate surface area is 131 Å². The summed E-state index contributed by atoms with van der Waals surface area (Å²) in [5.41, 5.74) is 1.06. The SMILES string of the molecule is Cc1ccc(S(=O)(=O)Cl)cc1C(=O)NC(C)CCC(C)C. The van der Waals surface area contributed by atoms with Gasteiger partial charge in [0.05, 0.1) is 4.90 Å². The van der Waals surface area contributed by atoms with Crippen molar-refractivity contribution in [1.29, 1.82) is 0 Å². The molecule has 6 heteroatoms. The Morgan fingerprint density at radius 1 is 1.24 bits per heavy atom. The lowest BCUT2D eigenvalue weighted by atomic mass is 10.0. The van der Waals surface area contributed by atoms with Gasteiger partial charge in [0, 0.05) is 22.3 Å². The van der Waals surface area contributed by atoms with Crippen molar-refractivity contribution in [3.63, 3.8) is 0 Å². The summed E-state index contributed by atoms with van der Waals surface area (Å²) in [5, 5.41) is 2.89. The van der Waals surface area contributed by atoms with Crippen LogP contribution in [0, 0.1) is 12.8 Å². The van der Waals surface area contributed by atoms with Crippen molar-refractivity contribution in [2.75, 3.05) is 0 Å². The Kier molecular flexibility index (Phi) is 6.23. The number of halogens is 1. The normalized spacial score (nSPS) is 13.2. The maximum atomic E-state index is 12.3. The number of hydrogen-bond acceptors (Lipinski definition) is 3. The molecule has 1 unspecified atom stereocenters. The van der Waals surface area contributed by atoms with Crippen LogP contribution in [0.3, 0.4) is 0 Å². The number of carbonyl (C=O) groups excluding carboxylic acids is 1. The van der Waals surface area contributed by atoms with Crippen molar-refractivity contribution in [3.05, 3.63) is 29.3 Å². The number of hydrogen-bond donors (Lipinski definition) is 1. The molecule has 118 valence electrons. The second-order valence-electron chi connectivity index (χ2n) is 5.76. The molecule has 1 atom stereocenters. The molecule has 1 N–H and O–H groups in total. The standard InChI is InChI=1S/C15H22ClNO3S/c1-10(2)5-7-12(4)17-15(18)14-9-13(21(16,19)20)8-6-11(14)3/h6,8-10,12H,5,7H2,1-4H3,(H,17,18). The topological polar surface area (TPSA) is 63.2 Å². The van der Waals surface area contributed by atoms with Crippen molar-refractivity contribution < 1.29 is 13.2 Å². The van der Waals surface area contributed by atoms with Crippen LogP contribution in [0.4, 0.5) is 0 Å². The molecular formula is C15H22ClNO3S.